The molecule has 1 saturated heterocycles. The van der Waals surface area contributed by atoms with E-state index in [2.05, 4.69) is 46.8 Å². The molecule has 1 N–H and O–H groups in total. The predicted molar refractivity (Wildman–Crippen MR) is 139 cm³/mol. The number of allylic oxidation sites excluding steroid dienone is 3. The molecule has 1 fully saturated rings. The molecular formula is C25H29BrN6O. The monoisotopic (exact) mass is 508 g/mol. The summed E-state index contributed by atoms with van der Waals surface area (Å²) in [6.07, 6.45) is 9.73. The maximum atomic E-state index is 5.27. The van der Waals surface area contributed by atoms with Crippen molar-refractivity contribution in [1.82, 2.24) is 19.9 Å². The van der Waals surface area contributed by atoms with Crippen molar-refractivity contribution in [3.63, 3.8) is 0 Å². The molecule has 2 aromatic heterocycles. The molecule has 8 heteroatoms. The molecule has 1 aromatic carbocycles. The van der Waals surface area contributed by atoms with Crippen LogP contribution < -0.4 is 9.64 Å². The van der Waals surface area contributed by atoms with Gasteiger partial charge in [0.1, 0.15) is 17.1 Å². The van der Waals surface area contributed by atoms with Gasteiger partial charge in [-0.25, -0.2) is 9.97 Å². The number of imidazole rings is 1. The fourth-order valence-electron chi connectivity index (χ4n) is 3.89. The van der Waals surface area contributed by atoms with Gasteiger partial charge in [-0.1, -0.05) is 12.2 Å². The van der Waals surface area contributed by atoms with Crippen molar-refractivity contribution >= 4 is 39.0 Å². The van der Waals surface area contributed by atoms with Crippen molar-refractivity contribution in [3.05, 3.63) is 58.9 Å². The third kappa shape index (κ3) is 5.34. The predicted octanol–water partition coefficient (Wildman–Crippen LogP) is 5.07. The molecular weight excluding hydrogens is 480 g/mol. The van der Waals surface area contributed by atoms with E-state index in [9.17, 15) is 0 Å². The second-order valence-electron chi connectivity index (χ2n) is 7.81. The van der Waals surface area contributed by atoms with Crippen molar-refractivity contribution in [1.29, 1.82) is 0 Å². The number of hydrogen-bond donors (Lipinski definition) is 1. The number of ether oxygens (including phenoxy) is 1. The lowest BCUT2D eigenvalue weighted by molar-refractivity contribution is 0.277. The first-order valence-electron chi connectivity index (χ1n) is 11.1. The average Bonchev–Trinajstić information content (AvgIpc) is 3.28. The van der Waals surface area contributed by atoms with Gasteiger partial charge in [-0.2, -0.15) is 0 Å². The number of aromatic amines is 1. The summed E-state index contributed by atoms with van der Waals surface area (Å²) < 4.78 is 6.23. The van der Waals surface area contributed by atoms with E-state index in [0.717, 1.165) is 76.9 Å². The average molecular weight is 509 g/mol. The molecule has 1 aliphatic heterocycles. The van der Waals surface area contributed by atoms with Gasteiger partial charge in [-0.15, -0.1) is 0 Å². The Balaban J connectivity index is 1.51. The molecule has 3 aromatic rings. The van der Waals surface area contributed by atoms with Gasteiger partial charge in [0, 0.05) is 50.7 Å². The highest BCUT2D eigenvalue weighted by Crippen LogP contribution is 2.34. The van der Waals surface area contributed by atoms with Crippen LogP contribution in [-0.4, -0.2) is 65.9 Å². The lowest BCUT2D eigenvalue weighted by Gasteiger charge is -2.36. The van der Waals surface area contributed by atoms with Crippen LogP contribution in [0.4, 0.5) is 5.69 Å². The van der Waals surface area contributed by atoms with Crippen LogP contribution in [0, 0.1) is 0 Å². The molecule has 172 valence electrons. The number of piperazine rings is 1. The summed E-state index contributed by atoms with van der Waals surface area (Å²) in [6, 6.07) is 7.88. The molecule has 33 heavy (non-hydrogen) atoms. The van der Waals surface area contributed by atoms with Crippen molar-refractivity contribution in [3.8, 4) is 17.1 Å². The van der Waals surface area contributed by atoms with E-state index in [1.54, 1.807) is 7.11 Å². The first-order valence-corrected chi connectivity index (χ1v) is 11.9. The molecule has 0 saturated carbocycles. The van der Waals surface area contributed by atoms with E-state index in [1.165, 1.54) is 0 Å². The first-order chi connectivity index (χ1) is 16.1. The number of halogens is 1. The summed E-state index contributed by atoms with van der Waals surface area (Å²) in [5, 5.41) is 0. The smallest absolute Gasteiger partial charge is 0.159 e. The number of aromatic nitrogens is 3. The van der Waals surface area contributed by atoms with Crippen LogP contribution in [0.2, 0.25) is 0 Å². The zero-order valence-corrected chi connectivity index (χ0v) is 20.8. The number of aliphatic imine (C=N–C) groups is 1. The highest BCUT2D eigenvalue weighted by molar-refractivity contribution is 9.10. The van der Waals surface area contributed by atoms with Crippen LogP contribution in [-0.2, 0) is 0 Å². The summed E-state index contributed by atoms with van der Waals surface area (Å²) in [5.74, 6) is 1.62. The maximum absolute atomic E-state index is 5.27. The largest absolute Gasteiger partial charge is 0.497 e. The number of benzene rings is 1. The van der Waals surface area contributed by atoms with Gasteiger partial charge in [0.2, 0.25) is 0 Å². The van der Waals surface area contributed by atoms with Gasteiger partial charge in [-0.3, -0.25) is 9.89 Å². The Bertz CT molecular complexity index is 1170. The Hall–Kier alpha value is -2.97. The Morgan fingerprint density at radius 3 is 2.61 bits per heavy atom. The first kappa shape index (κ1) is 23.2. The SMILES string of the molecule is C\C=C/C=N\C(=C/C)CN1CCN(c2c(Br)cnc3[nH]c(-c4ccc(OC)cc4)nc23)CC1. The van der Waals surface area contributed by atoms with Crippen molar-refractivity contribution in [2.75, 3.05) is 44.7 Å². The lowest BCUT2D eigenvalue weighted by atomic mass is 10.2. The Morgan fingerprint density at radius 2 is 1.94 bits per heavy atom. The number of nitrogens with one attached hydrogen (secondary N) is 1. The minimum absolute atomic E-state index is 0.788. The second-order valence-corrected chi connectivity index (χ2v) is 8.67. The van der Waals surface area contributed by atoms with Crippen LogP contribution in [0.1, 0.15) is 13.8 Å². The zero-order chi connectivity index (χ0) is 23.2. The molecule has 0 spiro atoms. The lowest BCUT2D eigenvalue weighted by Crippen LogP contribution is -2.47. The number of nitrogens with zero attached hydrogens (tertiary/aromatic N) is 5. The van der Waals surface area contributed by atoms with Gasteiger partial charge < -0.3 is 14.6 Å². The van der Waals surface area contributed by atoms with Gasteiger partial charge >= 0.3 is 0 Å². The summed E-state index contributed by atoms with van der Waals surface area (Å²) >= 11 is 3.72. The van der Waals surface area contributed by atoms with E-state index >= 15 is 0 Å². The number of H-pyrrole nitrogens is 1. The zero-order valence-electron chi connectivity index (χ0n) is 19.3. The number of methoxy groups -OCH3 is 1. The summed E-state index contributed by atoms with van der Waals surface area (Å²) in [7, 11) is 1.67. The Kier molecular flexibility index (Phi) is 7.57. The van der Waals surface area contributed by atoms with Crippen molar-refractivity contribution in [2.24, 2.45) is 4.99 Å². The normalized spacial score (nSPS) is 15.9. The summed E-state index contributed by atoms with van der Waals surface area (Å²) in [4.78, 5) is 22.2. The molecule has 0 atom stereocenters. The fourth-order valence-corrected chi connectivity index (χ4v) is 4.44. The highest BCUT2D eigenvalue weighted by Gasteiger charge is 2.23. The van der Waals surface area contributed by atoms with Crippen LogP contribution >= 0.6 is 15.9 Å². The van der Waals surface area contributed by atoms with Gasteiger partial charge in [0.15, 0.2) is 5.65 Å². The van der Waals surface area contributed by atoms with Crippen molar-refractivity contribution in [2.45, 2.75) is 13.8 Å². The molecule has 7 nitrogen and oxygen atoms in total. The van der Waals surface area contributed by atoms with Crippen molar-refractivity contribution < 1.29 is 4.74 Å². The quantitative estimate of drug-likeness (QED) is 0.451. The third-order valence-corrected chi connectivity index (χ3v) is 6.31. The van der Waals surface area contributed by atoms with Gasteiger partial charge in [-0.05, 0) is 60.1 Å². The minimum atomic E-state index is 0.788. The van der Waals surface area contributed by atoms with Gasteiger partial charge in [0.25, 0.3) is 0 Å². The maximum Gasteiger partial charge on any atom is 0.159 e. The van der Waals surface area contributed by atoms with E-state index in [-0.39, 0.29) is 0 Å². The van der Waals surface area contributed by atoms with Gasteiger partial charge in [0.05, 0.1) is 23.0 Å². The molecule has 4 rings (SSSR count). The van der Waals surface area contributed by atoms with Crippen LogP contribution in [0.3, 0.4) is 0 Å². The van der Waals surface area contributed by atoms with E-state index in [4.69, 9.17) is 9.72 Å². The van der Waals surface area contributed by atoms with Crippen LogP contribution in [0.5, 0.6) is 5.75 Å². The number of anilines is 1. The number of pyridine rings is 1. The topological polar surface area (TPSA) is 69.6 Å². The molecule has 0 aliphatic carbocycles. The summed E-state index contributed by atoms with van der Waals surface area (Å²) in [5.41, 5.74) is 4.85. The fraction of sp³-hybridized carbons (Fsp3) is 0.320. The molecule has 0 unspecified atom stereocenters. The van der Waals surface area contributed by atoms with Crippen LogP contribution in [0.25, 0.3) is 22.6 Å². The molecule has 0 bridgehead atoms. The number of hydrogen-bond acceptors (Lipinski definition) is 6. The number of rotatable bonds is 7. The Morgan fingerprint density at radius 1 is 1.18 bits per heavy atom. The van der Waals surface area contributed by atoms with E-state index in [1.807, 2.05) is 62.7 Å². The second kappa shape index (κ2) is 10.8. The van der Waals surface area contributed by atoms with E-state index in [0.29, 0.717) is 0 Å². The molecule has 0 amide bonds. The Labute approximate surface area is 203 Å². The van der Waals surface area contributed by atoms with E-state index < -0.39 is 0 Å². The van der Waals surface area contributed by atoms with Crippen LogP contribution in [0.15, 0.2) is 63.9 Å². The standard InChI is InChI=1S/C25H29BrN6O/c1-4-6-11-27-19(5-2)17-31-12-14-32(15-13-31)23-21(26)16-28-25-22(23)29-24(30-25)18-7-9-20(33-3)10-8-18/h4-11,16H,12-15,17H2,1-3H3,(H,28,29,30)/b6-4-,19-5-,27-11-. The molecule has 0 radical (unpaired) electrons. The minimum Gasteiger partial charge on any atom is -0.497 e. The third-order valence-electron chi connectivity index (χ3n) is 5.73. The molecule has 1 aliphatic rings. The molecule has 3 heterocycles. The summed E-state index contributed by atoms with van der Waals surface area (Å²) in [6.45, 7) is 8.64. The number of fused-ring (bicyclic) bond motifs is 1. The highest BCUT2D eigenvalue weighted by atomic mass is 79.9.